The molecule has 1 aromatic carbocycles. The van der Waals surface area contributed by atoms with E-state index >= 15 is 0 Å². The molecule has 0 aromatic heterocycles. The van der Waals surface area contributed by atoms with Crippen LogP contribution in [0.1, 0.15) is 33.3 Å². The molecule has 2 rings (SSSR count). The zero-order valence-corrected chi connectivity index (χ0v) is 9.72. The summed E-state index contributed by atoms with van der Waals surface area (Å²) < 4.78 is 0. The summed E-state index contributed by atoms with van der Waals surface area (Å²) in [4.78, 5) is 11.2. The van der Waals surface area contributed by atoms with Crippen LogP contribution in [0.5, 0.6) is 0 Å². The topological polar surface area (TPSA) is 41.1 Å². The Hall–Kier alpha value is -1.51. The molecule has 2 amide bonds. The molecule has 82 valence electrons. The van der Waals surface area contributed by atoms with Gasteiger partial charge in [-0.05, 0) is 19.9 Å². The van der Waals surface area contributed by atoms with Crippen molar-refractivity contribution in [1.29, 1.82) is 0 Å². The van der Waals surface area contributed by atoms with Gasteiger partial charge in [0.1, 0.15) is 0 Å². The Balaban J connectivity index is 0.000000531. The van der Waals surface area contributed by atoms with Gasteiger partial charge < -0.3 is 10.6 Å². The van der Waals surface area contributed by atoms with Crippen molar-refractivity contribution >= 4 is 11.7 Å². The van der Waals surface area contributed by atoms with Crippen molar-refractivity contribution in [2.24, 2.45) is 0 Å². The molecule has 2 N–H and O–H groups in total. The third-order valence-electron chi connectivity index (χ3n) is 2.27. The van der Waals surface area contributed by atoms with E-state index in [0.717, 1.165) is 11.3 Å². The highest BCUT2D eigenvalue weighted by Gasteiger charge is 2.29. The molecule has 0 unspecified atom stereocenters. The first-order chi connectivity index (χ1) is 7.09. The fraction of sp³-hybridized carbons (Fsp3) is 0.417. The fourth-order valence-electron chi connectivity index (χ4n) is 1.64. The van der Waals surface area contributed by atoms with Crippen LogP contribution >= 0.6 is 0 Å². The van der Waals surface area contributed by atoms with Crippen LogP contribution in [0.3, 0.4) is 0 Å². The number of hydrogen-bond acceptors (Lipinski definition) is 1. The van der Waals surface area contributed by atoms with Crippen LogP contribution in [-0.2, 0) is 5.54 Å². The number of hydrogen-bond donors (Lipinski definition) is 2. The van der Waals surface area contributed by atoms with Crippen molar-refractivity contribution < 1.29 is 4.79 Å². The lowest BCUT2D eigenvalue weighted by molar-refractivity contribution is 0.239. The Morgan fingerprint density at radius 3 is 2.40 bits per heavy atom. The van der Waals surface area contributed by atoms with Gasteiger partial charge in [-0.3, -0.25) is 0 Å². The number of benzene rings is 1. The lowest BCUT2D eigenvalue weighted by Crippen LogP contribution is -2.47. The van der Waals surface area contributed by atoms with E-state index in [1.54, 1.807) is 0 Å². The summed E-state index contributed by atoms with van der Waals surface area (Å²) in [5, 5.41) is 5.63. The van der Waals surface area contributed by atoms with Gasteiger partial charge in [0.25, 0.3) is 0 Å². The van der Waals surface area contributed by atoms with Gasteiger partial charge in [0.15, 0.2) is 0 Å². The molecule has 1 aliphatic rings. The molecule has 1 heterocycles. The van der Waals surface area contributed by atoms with Crippen molar-refractivity contribution in [3.05, 3.63) is 29.8 Å². The lowest BCUT2D eigenvalue weighted by atomic mass is 9.91. The molecule has 0 bridgehead atoms. The molecule has 15 heavy (non-hydrogen) atoms. The summed E-state index contributed by atoms with van der Waals surface area (Å²) in [5.74, 6) is 0. The molecule has 0 saturated heterocycles. The highest BCUT2D eigenvalue weighted by molar-refractivity contribution is 5.93. The Labute approximate surface area is 90.9 Å². The Kier molecular flexibility index (Phi) is 3.35. The van der Waals surface area contributed by atoms with Crippen LogP contribution in [-0.4, -0.2) is 6.03 Å². The number of nitrogens with one attached hydrogen (secondary N) is 2. The maximum absolute atomic E-state index is 11.2. The number of carbonyl (C=O) groups excluding carboxylic acids is 1. The average molecular weight is 206 g/mol. The van der Waals surface area contributed by atoms with E-state index in [0.29, 0.717) is 0 Å². The Bertz CT molecular complexity index is 358. The number of urea groups is 1. The number of anilines is 1. The SMILES string of the molecule is CC.CC1(C)NC(=O)Nc2ccccc21. The summed E-state index contributed by atoms with van der Waals surface area (Å²) in [7, 11) is 0. The highest BCUT2D eigenvalue weighted by Crippen LogP contribution is 2.30. The van der Waals surface area contributed by atoms with Crippen molar-refractivity contribution in [3.8, 4) is 0 Å². The molecule has 0 atom stereocenters. The third-order valence-corrected chi connectivity index (χ3v) is 2.27. The lowest BCUT2D eigenvalue weighted by Gasteiger charge is -2.33. The van der Waals surface area contributed by atoms with Crippen LogP contribution in [0, 0.1) is 0 Å². The fourth-order valence-corrected chi connectivity index (χ4v) is 1.64. The summed E-state index contributed by atoms with van der Waals surface area (Å²) >= 11 is 0. The van der Waals surface area contributed by atoms with Crippen molar-refractivity contribution in [2.45, 2.75) is 33.2 Å². The van der Waals surface area contributed by atoms with E-state index in [9.17, 15) is 4.79 Å². The molecule has 0 spiro atoms. The first-order valence-corrected chi connectivity index (χ1v) is 5.28. The van der Waals surface area contributed by atoms with Crippen molar-refractivity contribution in [1.82, 2.24) is 5.32 Å². The molecular weight excluding hydrogens is 188 g/mol. The van der Waals surface area contributed by atoms with Gasteiger partial charge in [-0.2, -0.15) is 0 Å². The monoisotopic (exact) mass is 206 g/mol. The molecule has 0 saturated carbocycles. The Morgan fingerprint density at radius 2 is 1.73 bits per heavy atom. The van der Waals surface area contributed by atoms with E-state index in [4.69, 9.17) is 0 Å². The van der Waals surface area contributed by atoms with E-state index in [1.165, 1.54) is 0 Å². The second-order valence-electron chi connectivity index (χ2n) is 3.75. The maximum atomic E-state index is 11.2. The zero-order valence-electron chi connectivity index (χ0n) is 9.72. The minimum Gasteiger partial charge on any atom is -0.329 e. The van der Waals surface area contributed by atoms with Gasteiger partial charge in [-0.15, -0.1) is 0 Å². The summed E-state index contributed by atoms with van der Waals surface area (Å²) in [6, 6.07) is 7.68. The second-order valence-corrected chi connectivity index (χ2v) is 3.75. The Morgan fingerprint density at radius 1 is 1.13 bits per heavy atom. The van der Waals surface area contributed by atoms with E-state index < -0.39 is 0 Å². The number of para-hydroxylation sites is 1. The minimum absolute atomic E-state index is 0.135. The van der Waals surface area contributed by atoms with Crippen molar-refractivity contribution in [2.75, 3.05) is 5.32 Å². The molecular formula is C12H18N2O. The smallest absolute Gasteiger partial charge is 0.319 e. The van der Waals surface area contributed by atoms with E-state index in [-0.39, 0.29) is 11.6 Å². The van der Waals surface area contributed by atoms with Crippen LogP contribution in [0.2, 0.25) is 0 Å². The minimum atomic E-state index is -0.279. The van der Waals surface area contributed by atoms with Gasteiger partial charge in [-0.25, -0.2) is 4.79 Å². The standard InChI is InChI=1S/C10H12N2O.C2H6/c1-10(2)7-5-3-4-6-8(7)11-9(13)12-10;1-2/h3-6H,1-2H3,(H2,11,12,13);1-2H3. The third kappa shape index (κ3) is 2.29. The zero-order chi connectivity index (χ0) is 11.5. The predicted octanol–water partition coefficient (Wildman–Crippen LogP) is 3.08. The molecule has 3 nitrogen and oxygen atoms in total. The summed E-state index contributed by atoms with van der Waals surface area (Å²) in [6.07, 6.45) is 0. The first-order valence-electron chi connectivity index (χ1n) is 5.28. The number of carbonyl (C=O) groups is 1. The molecule has 0 fully saturated rings. The van der Waals surface area contributed by atoms with Gasteiger partial charge in [-0.1, -0.05) is 32.0 Å². The van der Waals surface area contributed by atoms with Crippen LogP contribution in [0.25, 0.3) is 0 Å². The average Bonchev–Trinajstić information content (AvgIpc) is 2.19. The molecule has 1 aromatic rings. The summed E-state index contributed by atoms with van der Waals surface area (Å²) in [6.45, 7) is 7.98. The van der Waals surface area contributed by atoms with Gasteiger partial charge in [0.05, 0.1) is 5.54 Å². The van der Waals surface area contributed by atoms with Gasteiger partial charge in [0.2, 0.25) is 0 Å². The number of fused-ring (bicyclic) bond motifs is 1. The second kappa shape index (κ2) is 4.34. The molecule has 3 heteroatoms. The number of rotatable bonds is 0. The highest BCUT2D eigenvalue weighted by atomic mass is 16.2. The van der Waals surface area contributed by atoms with Gasteiger partial charge in [0, 0.05) is 11.3 Å². The van der Waals surface area contributed by atoms with Gasteiger partial charge >= 0.3 is 6.03 Å². The molecule has 0 radical (unpaired) electrons. The largest absolute Gasteiger partial charge is 0.329 e. The summed E-state index contributed by atoms with van der Waals surface area (Å²) in [5.41, 5.74) is 1.74. The first kappa shape index (κ1) is 11.6. The molecule has 1 aliphatic heterocycles. The normalized spacial score (nSPS) is 16.4. The number of amides is 2. The predicted molar refractivity (Wildman–Crippen MR) is 63.0 cm³/mol. The maximum Gasteiger partial charge on any atom is 0.319 e. The van der Waals surface area contributed by atoms with Crippen molar-refractivity contribution in [3.63, 3.8) is 0 Å². The van der Waals surface area contributed by atoms with E-state index in [2.05, 4.69) is 10.6 Å². The quantitative estimate of drug-likeness (QED) is 0.673. The van der Waals surface area contributed by atoms with Crippen LogP contribution in [0.4, 0.5) is 10.5 Å². The van der Waals surface area contributed by atoms with Crippen LogP contribution in [0.15, 0.2) is 24.3 Å². The van der Waals surface area contributed by atoms with E-state index in [1.807, 2.05) is 52.0 Å². The van der Waals surface area contributed by atoms with Crippen LogP contribution < -0.4 is 10.6 Å². The molecule has 0 aliphatic carbocycles.